The molecule has 1 aromatic heterocycles. The Bertz CT molecular complexity index is 1470. The van der Waals surface area contributed by atoms with E-state index in [1.54, 1.807) is 14.2 Å². The monoisotopic (exact) mass is 585 g/mol. The second-order valence-corrected chi connectivity index (χ2v) is 8.80. The van der Waals surface area contributed by atoms with E-state index in [0.29, 0.717) is 22.8 Å². The van der Waals surface area contributed by atoms with E-state index in [0.717, 1.165) is 28.2 Å². The van der Waals surface area contributed by atoms with Gasteiger partial charge in [0, 0.05) is 11.8 Å². The maximum Gasteiger partial charge on any atom is 0.266 e. The molecular weight excluding hydrogens is 561 g/mol. The largest absolute Gasteiger partial charge is 0.497 e. The standard InChI is InChI=1S/C27H24FN3O4S.BrH/c1-34-22-11-3-18(4-12-22)16-29-27-31(17-19-5-13-23(35-2)14-6-19)25(32)15-24(36-27)26(33)30-21-9-7-20(28)8-10-21;/h3-15H,16-17H2,1-2H3,(H,30,33);1H. The van der Waals surface area contributed by atoms with Gasteiger partial charge in [-0.1, -0.05) is 35.6 Å². The van der Waals surface area contributed by atoms with Gasteiger partial charge >= 0.3 is 0 Å². The summed E-state index contributed by atoms with van der Waals surface area (Å²) in [5.74, 6) is 0.571. The Morgan fingerprint density at radius 1 is 0.919 bits per heavy atom. The number of halogens is 2. The number of hydrogen-bond donors (Lipinski definition) is 1. The van der Waals surface area contributed by atoms with Gasteiger partial charge < -0.3 is 14.8 Å². The van der Waals surface area contributed by atoms with Crippen LogP contribution in [0.5, 0.6) is 11.5 Å². The van der Waals surface area contributed by atoms with Crippen molar-refractivity contribution in [3.63, 3.8) is 0 Å². The van der Waals surface area contributed by atoms with Crippen molar-refractivity contribution in [1.29, 1.82) is 0 Å². The maximum absolute atomic E-state index is 13.2. The predicted molar refractivity (Wildman–Crippen MR) is 148 cm³/mol. The van der Waals surface area contributed by atoms with Crippen molar-refractivity contribution in [1.82, 2.24) is 4.57 Å². The first-order valence-corrected chi connectivity index (χ1v) is 11.8. The summed E-state index contributed by atoms with van der Waals surface area (Å²) in [6.07, 6.45) is 0. The Labute approximate surface area is 227 Å². The Hall–Kier alpha value is -3.76. The zero-order valence-electron chi connectivity index (χ0n) is 20.1. The number of aromatic nitrogens is 1. The molecule has 0 saturated heterocycles. The second kappa shape index (κ2) is 13.0. The second-order valence-electron chi connectivity index (χ2n) is 7.79. The number of carbonyl (C=O) groups excluding carboxylic acids is 1. The highest BCUT2D eigenvalue weighted by atomic mass is 79.9. The van der Waals surface area contributed by atoms with Crippen molar-refractivity contribution in [2.24, 2.45) is 4.99 Å². The quantitative estimate of drug-likeness (QED) is 0.314. The molecule has 0 saturated carbocycles. The zero-order chi connectivity index (χ0) is 25.5. The summed E-state index contributed by atoms with van der Waals surface area (Å²) in [7, 11) is 3.19. The van der Waals surface area contributed by atoms with Gasteiger partial charge in [-0.05, 0) is 59.7 Å². The number of rotatable bonds is 8. The first kappa shape index (κ1) is 27.8. The van der Waals surface area contributed by atoms with Crippen LogP contribution < -0.4 is 25.2 Å². The molecule has 10 heteroatoms. The number of carbonyl (C=O) groups is 1. The molecule has 1 heterocycles. The van der Waals surface area contributed by atoms with Crippen LogP contribution in [0.25, 0.3) is 0 Å². The van der Waals surface area contributed by atoms with Gasteiger partial charge in [-0.25, -0.2) is 4.39 Å². The lowest BCUT2D eigenvalue weighted by molar-refractivity contribution is 0.103. The number of amides is 1. The fraction of sp³-hybridized carbons (Fsp3) is 0.148. The summed E-state index contributed by atoms with van der Waals surface area (Å²) < 4.78 is 25.1. The molecule has 1 N–H and O–H groups in total. The van der Waals surface area contributed by atoms with Gasteiger partial charge in [0.2, 0.25) is 0 Å². The summed E-state index contributed by atoms with van der Waals surface area (Å²) in [6.45, 7) is 0.590. The van der Waals surface area contributed by atoms with Gasteiger partial charge in [0.25, 0.3) is 11.5 Å². The van der Waals surface area contributed by atoms with Crippen LogP contribution in [0.4, 0.5) is 10.1 Å². The van der Waals surface area contributed by atoms with Gasteiger partial charge in [-0.3, -0.25) is 19.1 Å². The van der Waals surface area contributed by atoms with Crippen molar-refractivity contribution < 1.29 is 18.7 Å². The van der Waals surface area contributed by atoms with Crippen molar-refractivity contribution in [2.45, 2.75) is 13.1 Å². The number of nitrogens with one attached hydrogen (secondary N) is 1. The maximum atomic E-state index is 13.2. The molecule has 37 heavy (non-hydrogen) atoms. The van der Waals surface area contributed by atoms with Crippen LogP contribution in [-0.4, -0.2) is 24.7 Å². The fourth-order valence-corrected chi connectivity index (χ4v) is 4.27. The van der Waals surface area contributed by atoms with Crippen LogP contribution in [0.15, 0.2) is 88.6 Å². The molecular formula is C27H25BrFN3O4S. The smallest absolute Gasteiger partial charge is 0.266 e. The number of benzene rings is 3. The van der Waals surface area contributed by atoms with Crippen molar-refractivity contribution in [3.05, 3.63) is 116 Å². The molecule has 0 aliphatic rings. The third-order valence-electron chi connectivity index (χ3n) is 5.33. The highest BCUT2D eigenvalue weighted by molar-refractivity contribution is 8.93. The Kier molecular flexibility index (Phi) is 9.76. The van der Waals surface area contributed by atoms with E-state index in [2.05, 4.69) is 10.3 Å². The van der Waals surface area contributed by atoms with Gasteiger partial charge in [0.1, 0.15) is 22.2 Å². The number of methoxy groups -OCH3 is 2. The van der Waals surface area contributed by atoms with Gasteiger partial charge in [0.15, 0.2) is 4.80 Å². The molecule has 0 atom stereocenters. The SMILES string of the molecule is Br.COc1ccc(CN=c2sc(C(=O)Nc3ccc(F)cc3)cc(=O)n2Cc2ccc(OC)cc2)cc1. The predicted octanol–water partition coefficient (Wildman–Crippen LogP) is 5.05. The minimum absolute atomic E-state index is 0. The summed E-state index contributed by atoms with van der Waals surface area (Å²) in [4.78, 5) is 31.3. The molecule has 3 aromatic carbocycles. The minimum Gasteiger partial charge on any atom is -0.497 e. The highest BCUT2D eigenvalue weighted by Crippen LogP contribution is 2.14. The molecule has 7 nitrogen and oxygen atoms in total. The average molecular weight is 586 g/mol. The van der Waals surface area contributed by atoms with E-state index in [1.165, 1.54) is 34.9 Å². The van der Waals surface area contributed by atoms with Crippen LogP contribution in [0.2, 0.25) is 0 Å². The van der Waals surface area contributed by atoms with E-state index in [-0.39, 0.29) is 34.0 Å². The lowest BCUT2D eigenvalue weighted by atomic mass is 10.2. The number of nitrogens with zero attached hydrogens (tertiary/aromatic N) is 2. The number of anilines is 1. The summed E-state index contributed by atoms with van der Waals surface area (Å²) >= 11 is 1.11. The molecule has 192 valence electrons. The van der Waals surface area contributed by atoms with Crippen molar-refractivity contribution in [3.8, 4) is 11.5 Å². The van der Waals surface area contributed by atoms with E-state index < -0.39 is 11.7 Å². The molecule has 0 bridgehead atoms. The van der Waals surface area contributed by atoms with E-state index in [1.807, 2.05) is 48.5 Å². The average Bonchev–Trinajstić information content (AvgIpc) is 2.90. The van der Waals surface area contributed by atoms with Crippen molar-refractivity contribution >= 4 is 39.9 Å². The topological polar surface area (TPSA) is 81.9 Å². The third-order valence-corrected chi connectivity index (χ3v) is 6.39. The van der Waals surface area contributed by atoms with E-state index in [9.17, 15) is 14.0 Å². The lowest BCUT2D eigenvalue weighted by Crippen LogP contribution is -2.33. The highest BCUT2D eigenvalue weighted by Gasteiger charge is 2.13. The van der Waals surface area contributed by atoms with Crippen LogP contribution in [-0.2, 0) is 13.1 Å². The number of ether oxygens (including phenoxy) is 2. The summed E-state index contributed by atoms with van der Waals surface area (Å²) in [6, 6.07) is 21.6. The number of hydrogen-bond acceptors (Lipinski definition) is 6. The molecule has 0 spiro atoms. The van der Waals surface area contributed by atoms with Gasteiger partial charge in [-0.2, -0.15) is 0 Å². The summed E-state index contributed by atoms with van der Waals surface area (Å²) in [5, 5.41) is 2.70. The van der Waals surface area contributed by atoms with Crippen LogP contribution in [0.3, 0.4) is 0 Å². The Balaban J connectivity index is 0.00000380. The minimum atomic E-state index is -0.471. The third kappa shape index (κ3) is 7.37. The molecule has 4 aromatic rings. The molecule has 0 aliphatic carbocycles. The van der Waals surface area contributed by atoms with E-state index >= 15 is 0 Å². The van der Waals surface area contributed by atoms with Crippen molar-refractivity contribution in [2.75, 3.05) is 19.5 Å². The molecule has 0 unspecified atom stereocenters. The summed E-state index contributed by atoms with van der Waals surface area (Å²) in [5.41, 5.74) is 1.87. The first-order chi connectivity index (χ1) is 17.4. The van der Waals surface area contributed by atoms with Crippen LogP contribution in [0.1, 0.15) is 20.8 Å². The molecule has 1 amide bonds. The Morgan fingerprint density at radius 3 is 2.05 bits per heavy atom. The molecule has 4 rings (SSSR count). The van der Waals surface area contributed by atoms with Crippen LogP contribution >= 0.6 is 28.3 Å². The van der Waals surface area contributed by atoms with Crippen LogP contribution in [0, 0.1) is 5.82 Å². The molecule has 0 aliphatic heterocycles. The first-order valence-electron chi connectivity index (χ1n) is 11.0. The molecule has 0 fully saturated rings. The van der Waals surface area contributed by atoms with Gasteiger partial charge in [-0.15, -0.1) is 17.0 Å². The van der Waals surface area contributed by atoms with E-state index in [4.69, 9.17) is 9.47 Å². The fourth-order valence-electron chi connectivity index (χ4n) is 3.37. The lowest BCUT2D eigenvalue weighted by Gasteiger charge is -2.10. The Morgan fingerprint density at radius 2 is 1.49 bits per heavy atom. The molecule has 0 radical (unpaired) electrons. The van der Waals surface area contributed by atoms with Gasteiger partial charge in [0.05, 0.1) is 27.3 Å². The zero-order valence-corrected chi connectivity index (χ0v) is 22.7. The normalized spacial score (nSPS) is 10.9.